The predicted octanol–water partition coefficient (Wildman–Crippen LogP) is 0.654. The Hall–Kier alpha value is -1.51. The molecule has 4 nitrogen and oxygen atoms in total. The van der Waals surface area contributed by atoms with Gasteiger partial charge in [0, 0.05) is 5.56 Å². The van der Waals surface area contributed by atoms with E-state index in [0.717, 1.165) is 5.56 Å². The first-order valence-corrected chi connectivity index (χ1v) is 4.47. The Balaban J connectivity index is 2.76. The average Bonchev–Trinajstić information content (AvgIpc) is 2.18. The summed E-state index contributed by atoms with van der Waals surface area (Å²) in [4.78, 5) is 0. The molecule has 0 saturated heterocycles. The van der Waals surface area contributed by atoms with Gasteiger partial charge in [-0.15, -0.1) is 12.6 Å². The van der Waals surface area contributed by atoms with E-state index in [4.69, 9.17) is 11.0 Å². The number of nitrogens with zero attached hydrogens (tertiary/aromatic N) is 2. The Bertz CT molecular complexity index is 367. The van der Waals surface area contributed by atoms with E-state index in [-0.39, 0.29) is 0 Å². The van der Waals surface area contributed by atoms with Gasteiger partial charge in [-0.3, -0.25) is 5.43 Å². The molecule has 5 heteroatoms. The monoisotopic (exact) mass is 206 g/mol. The fraction of sp³-hybridized carbons (Fsp3) is 0.111. The molecule has 0 fully saturated rings. The van der Waals surface area contributed by atoms with Crippen LogP contribution in [0.25, 0.3) is 0 Å². The molecular weight excluding hydrogens is 196 g/mol. The molecule has 1 aromatic rings. The largest absolute Gasteiger partial charge is 0.302 e. The Morgan fingerprint density at radius 2 is 2.29 bits per heavy atom. The molecule has 0 spiro atoms. The number of benzene rings is 1. The third-order valence-electron chi connectivity index (χ3n) is 1.49. The van der Waals surface area contributed by atoms with E-state index in [1.54, 1.807) is 18.2 Å². The molecular formula is C9H10N4S. The summed E-state index contributed by atoms with van der Waals surface area (Å²) in [6.07, 6.45) is 1.54. The lowest BCUT2D eigenvalue weighted by Gasteiger charge is -2.01. The molecule has 0 saturated carbocycles. The van der Waals surface area contributed by atoms with Crippen LogP contribution in [-0.2, 0) is 0 Å². The van der Waals surface area contributed by atoms with E-state index in [0.29, 0.717) is 5.56 Å². The number of thiol groups is 1. The lowest BCUT2D eigenvalue weighted by atomic mass is 10.1. The van der Waals surface area contributed by atoms with E-state index in [1.807, 2.05) is 6.07 Å². The lowest BCUT2D eigenvalue weighted by molar-refractivity contribution is 0.720. The second-order valence-corrected chi connectivity index (χ2v) is 3.09. The van der Waals surface area contributed by atoms with Gasteiger partial charge in [-0.25, -0.2) is 0 Å². The van der Waals surface area contributed by atoms with Gasteiger partial charge in [0.05, 0.1) is 17.8 Å². The predicted molar refractivity (Wildman–Crippen MR) is 58.8 cm³/mol. The van der Waals surface area contributed by atoms with Gasteiger partial charge in [-0.05, 0) is 6.07 Å². The molecule has 0 amide bonds. The van der Waals surface area contributed by atoms with Crippen molar-refractivity contribution in [3.8, 4) is 6.07 Å². The standard InChI is InChI=1S/C9H10N4S/c10-5-7-3-1-2-4-8(7)6-12-13-9(11)14/h1-4,6,9,13-14H,11H2/b12-6-. The minimum atomic E-state index is -0.500. The topological polar surface area (TPSA) is 74.2 Å². The van der Waals surface area contributed by atoms with Crippen LogP contribution >= 0.6 is 12.6 Å². The van der Waals surface area contributed by atoms with Crippen LogP contribution in [0, 0.1) is 11.3 Å². The molecule has 72 valence electrons. The number of hydrogen-bond acceptors (Lipinski definition) is 5. The molecule has 0 aliphatic carbocycles. The second kappa shape index (κ2) is 5.27. The van der Waals surface area contributed by atoms with E-state index in [2.05, 4.69) is 29.2 Å². The minimum Gasteiger partial charge on any atom is -0.302 e. The van der Waals surface area contributed by atoms with Crippen molar-refractivity contribution in [3.05, 3.63) is 35.4 Å². The van der Waals surface area contributed by atoms with Crippen molar-refractivity contribution in [1.82, 2.24) is 5.43 Å². The van der Waals surface area contributed by atoms with Gasteiger partial charge in [0.25, 0.3) is 0 Å². The second-order valence-electron chi connectivity index (χ2n) is 2.53. The third kappa shape index (κ3) is 3.09. The number of hydrazone groups is 1. The van der Waals surface area contributed by atoms with Crippen LogP contribution < -0.4 is 11.2 Å². The highest BCUT2D eigenvalue weighted by Gasteiger charge is 1.96. The Kier molecular flexibility index (Phi) is 3.98. The summed E-state index contributed by atoms with van der Waals surface area (Å²) in [5.41, 5.74) is 8.67. The van der Waals surface area contributed by atoms with Gasteiger partial charge in [-0.1, -0.05) is 18.2 Å². The van der Waals surface area contributed by atoms with Crippen LogP contribution in [0.5, 0.6) is 0 Å². The normalized spacial score (nSPS) is 12.4. The molecule has 1 atom stereocenters. The van der Waals surface area contributed by atoms with Crippen molar-refractivity contribution >= 4 is 18.8 Å². The highest BCUT2D eigenvalue weighted by Crippen LogP contribution is 2.03. The van der Waals surface area contributed by atoms with Crippen molar-refractivity contribution in [2.24, 2.45) is 10.8 Å². The number of nitriles is 1. The summed E-state index contributed by atoms with van der Waals surface area (Å²) in [6, 6.07) is 9.22. The highest BCUT2D eigenvalue weighted by molar-refractivity contribution is 7.80. The number of hydrogen-bond donors (Lipinski definition) is 3. The van der Waals surface area contributed by atoms with Gasteiger partial charge in [-0.2, -0.15) is 10.4 Å². The molecule has 1 unspecified atom stereocenters. The van der Waals surface area contributed by atoms with E-state index < -0.39 is 5.50 Å². The summed E-state index contributed by atoms with van der Waals surface area (Å²) in [7, 11) is 0. The van der Waals surface area contributed by atoms with Gasteiger partial charge >= 0.3 is 0 Å². The number of nitrogens with one attached hydrogen (secondary N) is 1. The van der Waals surface area contributed by atoms with Gasteiger partial charge in [0.2, 0.25) is 0 Å². The summed E-state index contributed by atoms with van der Waals surface area (Å²) < 4.78 is 0. The van der Waals surface area contributed by atoms with Crippen LogP contribution in [0.3, 0.4) is 0 Å². The van der Waals surface area contributed by atoms with Crippen LogP contribution in [0.4, 0.5) is 0 Å². The van der Waals surface area contributed by atoms with Crippen molar-refractivity contribution in [3.63, 3.8) is 0 Å². The molecule has 0 radical (unpaired) electrons. The molecule has 1 rings (SSSR count). The third-order valence-corrected chi connectivity index (χ3v) is 1.61. The Labute approximate surface area is 87.8 Å². The number of nitrogens with two attached hydrogens (primary N) is 1. The molecule has 0 bridgehead atoms. The van der Waals surface area contributed by atoms with Crippen molar-refractivity contribution in [2.45, 2.75) is 5.50 Å². The van der Waals surface area contributed by atoms with Gasteiger partial charge in [0.15, 0.2) is 0 Å². The summed E-state index contributed by atoms with van der Waals surface area (Å²) in [5.74, 6) is 0. The van der Waals surface area contributed by atoms with Crippen LogP contribution in [0.1, 0.15) is 11.1 Å². The summed E-state index contributed by atoms with van der Waals surface area (Å²) >= 11 is 3.88. The smallest absolute Gasteiger partial charge is 0.136 e. The molecule has 0 heterocycles. The summed E-state index contributed by atoms with van der Waals surface area (Å²) in [5, 5.41) is 12.6. The molecule has 3 N–H and O–H groups in total. The molecule has 0 aromatic heterocycles. The zero-order valence-corrected chi connectivity index (χ0v) is 8.28. The van der Waals surface area contributed by atoms with Crippen molar-refractivity contribution in [2.75, 3.05) is 0 Å². The maximum Gasteiger partial charge on any atom is 0.136 e. The first-order chi connectivity index (χ1) is 6.74. The number of rotatable bonds is 3. The SMILES string of the molecule is N#Cc1ccccc1/C=N\NC(N)S. The molecule has 14 heavy (non-hydrogen) atoms. The van der Waals surface area contributed by atoms with Crippen LogP contribution in [0.2, 0.25) is 0 Å². The summed E-state index contributed by atoms with van der Waals surface area (Å²) in [6.45, 7) is 0. The first kappa shape index (κ1) is 10.6. The zero-order valence-electron chi connectivity index (χ0n) is 7.38. The average molecular weight is 206 g/mol. The molecule has 0 aliphatic heterocycles. The van der Waals surface area contributed by atoms with Gasteiger partial charge in [0.1, 0.15) is 5.50 Å². The van der Waals surface area contributed by atoms with Gasteiger partial charge < -0.3 is 5.73 Å². The minimum absolute atomic E-state index is 0.500. The van der Waals surface area contributed by atoms with E-state index in [9.17, 15) is 0 Å². The Morgan fingerprint density at radius 1 is 1.57 bits per heavy atom. The fourth-order valence-corrected chi connectivity index (χ4v) is 0.961. The maximum absolute atomic E-state index is 8.76. The quantitative estimate of drug-likeness (QED) is 0.294. The zero-order chi connectivity index (χ0) is 10.4. The Morgan fingerprint density at radius 3 is 2.93 bits per heavy atom. The lowest BCUT2D eigenvalue weighted by Crippen LogP contribution is -2.27. The maximum atomic E-state index is 8.76. The van der Waals surface area contributed by atoms with E-state index >= 15 is 0 Å². The van der Waals surface area contributed by atoms with Crippen molar-refractivity contribution in [1.29, 1.82) is 5.26 Å². The van der Waals surface area contributed by atoms with Crippen molar-refractivity contribution < 1.29 is 0 Å². The van der Waals surface area contributed by atoms with Crippen LogP contribution in [0.15, 0.2) is 29.4 Å². The fourth-order valence-electron chi connectivity index (χ4n) is 0.895. The molecule has 1 aromatic carbocycles. The van der Waals surface area contributed by atoms with Crippen LogP contribution in [-0.4, -0.2) is 11.7 Å². The van der Waals surface area contributed by atoms with E-state index in [1.165, 1.54) is 6.21 Å². The first-order valence-electron chi connectivity index (χ1n) is 3.95. The highest BCUT2D eigenvalue weighted by atomic mass is 32.1. The molecule has 0 aliphatic rings.